The van der Waals surface area contributed by atoms with Crippen molar-refractivity contribution in [1.29, 1.82) is 0 Å². The highest BCUT2D eigenvalue weighted by Crippen LogP contribution is 2.36. The zero-order valence-corrected chi connectivity index (χ0v) is 22.6. The van der Waals surface area contributed by atoms with Gasteiger partial charge in [0.05, 0.1) is 17.3 Å². The minimum Gasteiger partial charge on any atom is -0.419 e. The lowest BCUT2D eigenvalue weighted by molar-refractivity contribution is 0.0735. The van der Waals surface area contributed by atoms with Crippen molar-refractivity contribution in [3.05, 3.63) is 100 Å². The molecule has 0 aliphatic carbocycles. The van der Waals surface area contributed by atoms with E-state index in [9.17, 15) is 4.79 Å². The third-order valence-corrected chi connectivity index (χ3v) is 8.01. The Labute approximate surface area is 230 Å². The van der Waals surface area contributed by atoms with E-state index >= 15 is 0 Å². The summed E-state index contributed by atoms with van der Waals surface area (Å²) in [5, 5.41) is 16.0. The summed E-state index contributed by atoms with van der Waals surface area (Å²) in [6, 6.07) is 17.3. The molecule has 0 radical (unpaired) electrons. The van der Waals surface area contributed by atoms with Crippen molar-refractivity contribution in [1.82, 2.24) is 29.9 Å². The third-order valence-electron chi connectivity index (χ3n) is 6.94. The van der Waals surface area contributed by atoms with E-state index in [2.05, 4.69) is 20.3 Å². The number of aryl methyl sites for hydroxylation is 1. The van der Waals surface area contributed by atoms with Gasteiger partial charge in [-0.1, -0.05) is 30.3 Å². The molecule has 1 saturated heterocycles. The monoisotopic (exact) mass is 539 g/mol. The maximum atomic E-state index is 13.9. The van der Waals surface area contributed by atoms with Gasteiger partial charge in [0.15, 0.2) is 0 Å². The van der Waals surface area contributed by atoms with Crippen molar-refractivity contribution >= 4 is 17.2 Å². The molecule has 5 aromatic rings. The average Bonchev–Trinajstić information content (AvgIpc) is 3.74. The number of amides is 1. The Kier molecular flexibility index (Phi) is 6.58. The molecule has 39 heavy (non-hydrogen) atoms. The summed E-state index contributed by atoms with van der Waals surface area (Å²) in [4.78, 5) is 20.5. The predicted molar refractivity (Wildman–Crippen MR) is 148 cm³/mol. The van der Waals surface area contributed by atoms with Crippen LogP contribution in [0.25, 0.3) is 17.1 Å². The predicted octanol–water partition coefficient (Wildman–Crippen LogP) is 5.08. The second kappa shape index (κ2) is 10.2. The molecule has 1 aliphatic heterocycles. The van der Waals surface area contributed by atoms with Crippen LogP contribution in [0.2, 0.25) is 0 Å². The van der Waals surface area contributed by atoms with Crippen molar-refractivity contribution in [2.75, 3.05) is 6.54 Å². The molecule has 2 N–H and O–H groups in total. The van der Waals surface area contributed by atoms with Gasteiger partial charge in [-0.3, -0.25) is 4.79 Å². The van der Waals surface area contributed by atoms with E-state index in [1.165, 1.54) is 0 Å². The van der Waals surface area contributed by atoms with E-state index in [4.69, 9.17) is 10.2 Å². The second-order valence-corrected chi connectivity index (χ2v) is 11.1. The molecule has 2 unspecified atom stereocenters. The standard InChI is InChI=1S/C29H29N7O2S/c1-19-18-39-26(32-19)24-10-6-12-35(24)27(37)22-14-21(15-23(16-22)36-13-7-11-31-36)25-33-34-28(38-25)29(2,30)17-20-8-4-3-5-9-20/h3-5,7-9,11,13-16,18,24H,6,10,12,17,30H2,1-2H3. The third kappa shape index (κ3) is 5.13. The van der Waals surface area contributed by atoms with Crippen molar-refractivity contribution in [2.45, 2.75) is 44.7 Å². The quantitative estimate of drug-likeness (QED) is 0.307. The minimum atomic E-state index is -0.862. The first-order valence-corrected chi connectivity index (χ1v) is 13.8. The molecule has 0 spiro atoms. The Bertz CT molecular complexity index is 1590. The van der Waals surface area contributed by atoms with E-state index in [-0.39, 0.29) is 11.9 Å². The highest BCUT2D eigenvalue weighted by molar-refractivity contribution is 7.09. The molecule has 9 nitrogen and oxygen atoms in total. The Hall–Kier alpha value is -4.15. The van der Waals surface area contributed by atoms with Gasteiger partial charge in [0.1, 0.15) is 5.01 Å². The summed E-state index contributed by atoms with van der Waals surface area (Å²) in [5.41, 5.74) is 9.69. The number of hydrogen-bond acceptors (Lipinski definition) is 8. The zero-order chi connectivity index (χ0) is 27.0. The number of nitrogens with zero attached hydrogens (tertiary/aromatic N) is 6. The highest BCUT2D eigenvalue weighted by atomic mass is 32.1. The highest BCUT2D eigenvalue weighted by Gasteiger charge is 2.33. The number of thiazole rings is 1. The SMILES string of the molecule is Cc1csc(C2CCCN2C(=O)c2cc(-c3nnc(C(C)(N)Cc4ccccc4)o3)cc(-n3cccn3)c2)n1. The van der Waals surface area contributed by atoms with Crippen LogP contribution in [0, 0.1) is 6.92 Å². The number of benzene rings is 2. The summed E-state index contributed by atoms with van der Waals surface area (Å²) in [6.45, 7) is 4.53. The first-order chi connectivity index (χ1) is 18.9. The fourth-order valence-corrected chi connectivity index (χ4v) is 5.98. The Morgan fingerprint density at radius 1 is 1.18 bits per heavy atom. The summed E-state index contributed by atoms with van der Waals surface area (Å²) in [7, 11) is 0. The van der Waals surface area contributed by atoms with E-state index in [1.54, 1.807) is 28.3 Å². The number of likely N-dealkylation sites (tertiary alicyclic amines) is 1. The number of hydrogen-bond donors (Lipinski definition) is 1. The van der Waals surface area contributed by atoms with Gasteiger partial charge in [-0.2, -0.15) is 5.10 Å². The van der Waals surface area contributed by atoms with Crippen LogP contribution in [0.3, 0.4) is 0 Å². The maximum Gasteiger partial charge on any atom is 0.254 e. The van der Waals surface area contributed by atoms with Gasteiger partial charge in [-0.25, -0.2) is 9.67 Å². The summed E-state index contributed by atoms with van der Waals surface area (Å²) in [5.74, 6) is 0.567. The van der Waals surface area contributed by atoms with Gasteiger partial charge < -0.3 is 15.1 Å². The van der Waals surface area contributed by atoms with Crippen LogP contribution in [0.4, 0.5) is 0 Å². The molecule has 1 aliphatic rings. The van der Waals surface area contributed by atoms with E-state index in [0.717, 1.165) is 34.8 Å². The Morgan fingerprint density at radius 2 is 2.03 bits per heavy atom. The lowest BCUT2D eigenvalue weighted by Gasteiger charge is -2.23. The minimum absolute atomic E-state index is 0.0287. The molecule has 1 fully saturated rings. The van der Waals surface area contributed by atoms with Gasteiger partial charge in [-0.05, 0) is 62.9 Å². The number of rotatable bonds is 7. The molecule has 0 saturated carbocycles. The summed E-state index contributed by atoms with van der Waals surface area (Å²) < 4.78 is 7.84. The maximum absolute atomic E-state index is 13.9. The molecule has 1 amide bonds. The fourth-order valence-electron chi connectivity index (χ4n) is 5.04. The van der Waals surface area contributed by atoms with Crippen LogP contribution in [0.5, 0.6) is 0 Å². The van der Waals surface area contributed by atoms with Crippen molar-refractivity contribution in [3.8, 4) is 17.1 Å². The number of aromatic nitrogens is 5. The van der Waals surface area contributed by atoms with Crippen LogP contribution >= 0.6 is 11.3 Å². The number of nitrogens with two attached hydrogens (primary N) is 1. The molecule has 2 atom stereocenters. The molecule has 4 heterocycles. The summed E-state index contributed by atoms with van der Waals surface area (Å²) >= 11 is 1.61. The summed E-state index contributed by atoms with van der Waals surface area (Å²) in [6.07, 6.45) is 5.90. The van der Waals surface area contributed by atoms with E-state index < -0.39 is 5.54 Å². The van der Waals surface area contributed by atoms with Crippen molar-refractivity contribution in [3.63, 3.8) is 0 Å². The number of carbonyl (C=O) groups excluding carboxylic acids is 1. The second-order valence-electron chi connectivity index (χ2n) is 10.2. The van der Waals surface area contributed by atoms with Crippen LogP contribution in [0.15, 0.2) is 76.8 Å². The molecular weight excluding hydrogens is 510 g/mol. The van der Waals surface area contributed by atoms with Crippen LogP contribution < -0.4 is 5.73 Å². The van der Waals surface area contributed by atoms with Crippen LogP contribution in [-0.2, 0) is 12.0 Å². The van der Waals surface area contributed by atoms with Crippen LogP contribution in [0.1, 0.15) is 58.3 Å². The molecule has 10 heteroatoms. The smallest absolute Gasteiger partial charge is 0.254 e. The first kappa shape index (κ1) is 25.1. The van der Waals surface area contributed by atoms with Gasteiger partial charge >= 0.3 is 0 Å². The number of carbonyl (C=O) groups is 1. The first-order valence-electron chi connectivity index (χ1n) is 12.9. The lowest BCUT2D eigenvalue weighted by Crippen LogP contribution is -2.35. The molecule has 198 valence electrons. The van der Waals surface area contributed by atoms with Crippen molar-refractivity contribution < 1.29 is 9.21 Å². The average molecular weight is 540 g/mol. The molecule has 6 rings (SSSR count). The van der Waals surface area contributed by atoms with E-state index in [1.807, 2.05) is 78.9 Å². The normalized spacial score (nSPS) is 16.9. The topological polar surface area (TPSA) is 116 Å². The molecule has 3 aromatic heterocycles. The largest absolute Gasteiger partial charge is 0.419 e. The van der Waals surface area contributed by atoms with E-state index in [0.29, 0.717) is 35.9 Å². The van der Waals surface area contributed by atoms with Gasteiger partial charge in [0.2, 0.25) is 11.8 Å². The van der Waals surface area contributed by atoms with Crippen molar-refractivity contribution in [2.24, 2.45) is 5.73 Å². The molecule has 0 bridgehead atoms. The zero-order valence-electron chi connectivity index (χ0n) is 21.8. The fraction of sp³-hybridized carbons (Fsp3) is 0.276. The Morgan fingerprint density at radius 3 is 2.77 bits per heavy atom. The molecule has 2 aromatic carbocycles. The lowest BCUT2D eigenvalue weighted by atomic mass is 9.94. The van der Waals surface area contributed by atoms with Crippen LogP contribution in [-0.4, -0.2) is 42.3 Å². The van der Waals surface area contributed by atoms with Gasteiger partial charge in [0, 0.05) is 41.1 Å². The Balaban J connectivity index is 1.35. The van der Waals surface area contributed by atoms with Gasteiger partial charge in [0.25, 0.3) is 5.91 Å². The van der Waals surface area contributed by atoms with Gasteiger partial charge in [-0.15, -0.1) is 21.5 Å². The molecular formula is C29H29N7O2S.